The molecule has 75 heavy (non-hydrogen) atoms. The van der Waals surface area contributed by atoms with E-state index in [1.165, 1.54) is 23.9 Å². The van der Waals surface area contributed by atoms with Crippen LogP contribution in [0.3, 0.4) is 0 Å². The van der Waals surface area contributed by atoms with Gasteiger partial charge in [0, 0.05) is 77.3 Å². The lowest BCUT2D eigenvalue weighted by atomic mass is 10.1. The molecule has 4 rings (SSSR count). The number of halogens is 6. The van der Waals surface area contributed by atoms with E-state index in [4.69, 9.17) is 0 Å². The van der Waals surface area contributed by atoms with Crippen LogP contribution in [0, 0.1) is 0 Å². The number of amides is 8. The fourth-order valence-electron chi connectivity index (χ4n) is 8.91. The Morgan fingerprint density at radius 2 is 0.947 bits per heavy atom. The number of likely N-dealkylation sites (tertiary alicyclic amines) is 2. The summed E-state index contributed by atoms with van der Waals surface area (Å²) in [4.78, 5) is 110. The number of nitrogens with one attached hydrogen (secondary N) is 6. The molecule has 2 saturated heterocycles. The van der Waals surface area contributed by atoms with E-state index in [-0.39, 0.29) is 97.3 Å². The number of likely N-dealkylation sites (N-methyl/N-ethyl adjacent to an activating group) is 2. The summed E-state index contributed by atoms with van der Waals surface area (Å²) in [5, 5.41) is 16.3. The van der Waals surface area contributed by atoms with E-state index in [1.54, 1.807) is 74.5 Å². The number of carbonyl (C=O) groups is 8. The van der Waals surface area contributed by atoms with Crippen LogP contribution >= 0.6 is 0 Å². The molecule has 6 atom stereocenters. The van der Waals surface area contributed by atoms with Gasteiger partial charge in [-0.05, 0) is 96.9 Å². The van der Waals surface area contributed by atoms with Gasteiger partial charge in [0.25, 0.3) is 0 Å². The van der Waals surface area contributed by atoms with Gasteiger partial charge < -0.3 is 51.5 Å². The van der Waals surface area contributed by atoms with Gasteiger partial charge in [-0.2, -0.15) is 26.3 Å². The smallest absolute Gasteiger partial charge is 0.356 e. The molecule has 2 aromatic rings. The van der Waals surface area contributed by atoms with Crippen molar-refractivity contribution in [2.45, 2.75) is 133 Å². The van der Waals surface area contributed by atoms with Gasteiger partial charge in [-0.25, -0.2) is 0 Å². The van der Waals surface area contributed by atoms with Crippen LogP contribution in [0.5, 0.6) is 0 Å². The molecule has 18 nitrogen and oxygen atoms in total. The maximum Gasteiger partial charge on any atom is 0.471 e. The van der Waals surface area contributed by atoms with Crippen molar-refractivity contribution in [1.29, 1.82) is 0 Å². The number of carbonyl (C=O) groups excluding carboxylic acids is 8. The van der Waals surface area contributed by atoms with E-state index in [2.05, 4.69) is 31.9 Å². The summed E-state index contributed by atoms with van der Waals surface area (Å²) in [5.41, 5.74) is 1.45. The Morgan fingerprint density at radius 3 is 1.28 bits per heavy atom. The molecule has 0 spiro atoms. The highest BCUT2D eigenvalue weighted by molar-refractivity contribution is 5.92. The highest BCUT2D eigenvalue weighted by Gasteiger charge is 2.46. The number of hydrogen-bond acceptors (Lipinski definition) is 10. The number of benzene rings is 2. The quantitative estimate of drug-likeness (QED) is 0.0541. The Labute approximate surface area is 433 Å². The van der Waals surface area contributed by atoms with Crippen molar-refractivity contribution in [3.63, 3.8) is 0 Å². The molecule has 0 aliphatic carbocycles. The summed E-state index contributed by atoms with van der Waals surface area (Å²) in [6.45, 7) is 2.33. The SMILES string of the molecule is CN[C@@H](C)C(=O)N[C@@H](CCC(=O)NCCCNC(=O)CC[C@H](NC(=O)[C@@H](C)NC)C(=O)N1CCC[C@H]1CN(CCc1ccccc1)C(=O)C(F)(F)F)C(=O)N1CCC[C@H]1CN(CCc1ccccc1)C(=O)C(F)(F)F. The zero-order valence-corrected chi connectivity index (χ0v) is 43.0. The zero-order valence-electron chi connectivity index (χ0n) is 43.0. The summed E-state index contributed by atoms with van der Waals surface area (Å²) in [6.07, 6.45) is -9.04. The summed E-state index contributed by atoms with van der Waals surface area (Å²) in [6, 6.07) is 11.9. The van der Waals surface area contributed by atoms with Gasteiger partial charge in [0.1, 0.15) is 12.1 Å². The van der Waals surface area contributed by atoms with E-state index in [9.17, 15) is 64.7 Å². The van der Waals surface area contributed by atoms with Crippen LogP contribution in [0.2, 0.25) is 0 Å². The van der Waals surface area contributed by atoms with E-state index in [1.807, 2.05) is 0 Å². The van der Waals surface area contributed by atoms with Gasteiger partial charge in [-0.15, -0.1) is 0 Å². The van der Waals surface area contributed by atoms with Crippen molar-refractivity contribution in [2.24, 2.45) is 0 Å². The van der Waals surface area contributed by atoms with Crippen molar-refractivity contribution in [3.8, 4) is 0 Å². The summed E-state index contributed by atoms with van der Waals surface area (Å²) < 4.78 is 82.5. The Morgan fingerprint density at radius 1 is 0.587 bits per heavy atom. The van der Waals surface area contributed by atoms with Crippen molar-refractivity contribution < 1.29 is 64.7 Å². The molecule has 2 heterocycles. The minimum atomic E-state index is -5.15. The van der Waals surface area contributed by atoms with Crippen LogP contribution in [0.1, 0.15) is 82.8 Å². The number of nitrogens with zero attached hydrogens (tertiary/aromatic N) is 4. The third-order valence-electron chi connectivity index (χ3n) is 13.5. The van der Waals surface area contributed by atoms with Crippen molar-refractivity contribution >= 4 is 47.3 Å². The second kappa shape index (κ2) is 29.7. The molecule has 8 amide bonds. The third-order valence-corrected chi connectivity index (χ3v) is 13.5. The first kappa shape index (κ1) is 61.2. The summed E-state index contributed by atoms with van der Waals surface area (Å²) in [5.74, 6) is -7.35. The highest BCUT2D eigenvalue weighted by Crippen LogP contribution is 2.26. The Bertz CT molecular complexity index is 2060. The topological polar surface area (TPSA) is 222 Å². The summed E-state index contributed by atoms with van der Waals surface area (Å²) >= 11 is 0. The lowest BCUT2D eigenvalue weighted by Gasteiger charge is -2.33. The van der Waals surface area contributed by atoms with Crippen LogP contribution in [0.25, 0.3) is 0 Å². The molecule has 0 bridgehead atoms. The first-order valence-corrected chi connectivity index (χ1v) is 25.4. The van der Waals surface area contributed by atoms with E-state index < -0.39 is 95.9 Å². The predicted octanol–water partition coefficient (Wildman–Crippen LogP) is 2.60. The van der Waals surface area contributed by atoms with E-state index in [0.717, 1.165) is 11.1 Å². The minimum Gasteiger partial charge on any atom is -0.356 e. The van der Waals surface area contributed by atoms with Crippen LogP contribution in [0.4, 0.5) is 26.3 Å². The van der Waals surface area contributed by atoms with Crippen molar-refractivity contribution in [1.82, 2.24) is 51.5 Å². The molecule has 2 aliphatic rings. The lowest BCUT2D eigenvalue weighted by Crippen LogP contribution is -2.55. The summed E-state index contributed by atoms with van der Waals surface area (Å²) in [7, 11) is 3.07. The zero-order chi connectivity index (χ0) is 55.3. The van der Waals surface area contributed by atoms with Crippen LogP contribution in [-0.2, 0) is 51.2 Å². The molecule has 2 aliphatic heterocycles. The van der Waals surface area contributed by atoms with Gasteiger partial charge in [0.15, 0.2) is 0 Å². The van der Waals surface area contributed by atoms with E-state index >= 15 is 0 Å². The van der Waals surface area contributed by atoms with Gasteiger partial charge >= 0.3 is 24.2 Å². The third kappa shape index (κ3) is 19.7. The lowest BCUT2D eigenvalue weighted by molar-refractivity contribution is -0.186. The van der Waals surface area contributed by atoms with E-state index in [0.29, 0.717) is 35.5 Å². The molecular weight excluding hydrogens is 995 g/mol. The fraction of sp³-hybridized carbons (Fsp3) is 0.608. The minimum absolute atomic E-state index is 0.0791. The molecular formula is C51H72F6N10O8. The standard InChI is InChI=1S/C51H72F6N10O8/c1-34(58-3)44(70)62-40(46(72)66-28-11-18-38(66)32-64(48(74)50(52,53)54)30-24-36-14-7-5-8-15-36)20-22-42(68)60-26-13-27-61-43(69)23-21-41(63-45(71)35(2)59-4)47(73)67-29-12-19-39(67)33-65(49(75)51(55,56)57)31-25-37-16-9-6-10-17-37/h5-10,14-17,34-35,38-41,58-59H,11-13,18-33H2,1-4H3,(H,60,68)(H,61,69)(H,62,70)(H,63,71)/t34-,35+,38-,39-,40-,41-/m0/s1. The second-order valence-corrected chi connectivity index (χ2v) is 18.9. The van der Waals surface area contributed by atoms with Gasteiger partial charge in [-0.3, -0.25) is 38.4 Å². The molecule has 2 aromatic carbocycles. The Hall–Kier alpha value is -6.30. The molecule has 416 valence electrons. The van der Waals surface area contributed by atoms with Crippen molar-refractivity contribution in [2.75, 3.05) is 66.5 Å². The number of hydrogen-bond donors (Lipinski definition) is 6. The van der Waals surface area contributed by atoms with Crippen molar-refractivity contribution in [3.05, 3.63) is 71.8 Å². The number of rotatable bonds is 28. The largest absolute Gasteiger partial charge is 0.471 e. The van der Waals surface area contributed by atoms with Gasteiger partial charge in [0.05, 0.1) is 12.1 Å². The molecule has 24 heteroatoms. The monoisotopic (exact) mass is 1070 g/mol. The molecule has 0 saturated carbocycles. The average Bonchev–Trinajstić information content (AvgIpc) is 4.07. The fourth-order valence-corrected chi connectivity index (χ4v) is 8.91. The molecule has 2 fully saturated rings. The van der Waals surface area contributed by atoms with Crippen LogP contribution < -0.4 is 31.9 Å². The predicted molar refractivity (Wildman–Crippen MR) is 265 cm³/mol. The highest BCUT2D eigenvalue weighted by atomic mass is 19.4. The van der Waals surface area contributed by atoms with Crippen LogP contribution in [0.15, 0.2) is 60.7 Å². The normalized spacial score (nSPS) is 17.3. The first-order chi connectivity index (χ1) is 35.5. The number of alkyl halides is 6. The maximum atomic E-state index is 14.1. The van der Waals surface area contributed by atoms with Gasteiger partial charge in [0.2, 0.25) is 35.4 Å². The first-order valence-electron chi connectivity index (χ1n) is 25.4. The molecule has 0 unspecified atom stereocenters. The average molecular weight is 1070 g/mol. The Kier molecular flexibility index (Phi) is 24.3. The van der Waals surface area contributed by atoms with Crippen LogP contribution in [-0.4, -0.2) is 182 Å². The van der Waals surface area contributed by atoms with Gasteiger partial charge in [-0.1, -0.05) is 60.7 Å². The second-order valence-electron chi connectivity index (χ2n) is 18.9. The maximum absolute atomic E-state index is 14.1. The molecule has 0 aromatic heterocycles. The molecule has 6 N–H and O–H groups in total. The molecule has 0 radical (unpaired) electrons. The Balaban J connectivity index is 1.31.